The van der Waals surface area contributed by atoms with Crippen LogP contribution in [0.25, 0.3) is 0 Å². The molecule has 8 heteroatoms. The third kappa shape index (κ3) is 3.96. The number of amides is 1. The van der Waals surface area contributed by atoms with Crippen LogP contribution in [0.2, 0.25) is 0 Å². The Labute approximate surface area is 121 Å². The fraction of sp³-hybridized carbons (Fsp3) is 0.667. The Balaban J connectivity index is 1.83. The van der Waals surface area contributed by atoms with Gasteiger partial charge >= 0.3 is 5.97 Å². The first kappa shape index (κ1) is 14.8. The van der Waals surface area contributed by atoms with Crippen LogP contribution in [-0.4, -0.2) is 46.0 Å². The molecule has 1 aliphatic rings. The van der Waals surface area contributed by atoms with Crippen LogP contribution in [0.5, 0.6) is 0 Å². The second-order valence-corrected chi connectivity index (χ2v) is 5.45. The van der Waals surface area contributed by atoms with Crippen LogP contribution < -0.4 is 5.32 Å². The van der Waals surface area contributed by atoms with E-state index in [4.69, 9.17) is 0 Å². The number of nitrogens with zero attached hydrogens (tertiary/aromatic N) is 3. The number of rotatable bonds is 5. The second kappa shape index (κ2) is 7.28. The summed E-state index contributed by atoms with van der Waals surface area (Å²) in [4.78, 5) is 22.5. The number of aromatic nitrogens is 3. The molecule has 1 amide bonds. The van der Waals surface area contributed by atoms with Crippen molar-refractivity contribution < 1.29 is 14.3 Å². The average Bonchev–Trinajstić information content (AvgIpc) is 2.69. The molecule has 0 unspecified atom stereocenters. The molecule has 1 aliphatic heterocycles. The van der Waals surface area contributed by atoms with Crippen molar-refractivity contribution >= 4 is 23.6 Å². The Morgan fingerprint density at radius 2 is 2.20 bits per heavy atom. The highest BCUT2D eigenvalue weighted by Crippen LogP contribution is 2.21. The minimum absolute atomic E-state index is 0.103. The number of carbonyl (C=O) groups is 2. The van der Waals surface area contributed by atoms with Crippen LogP contribution in [0.4, 0.5) is 0 Å². The number of carbonyl (C=O) groups excluding carboxylic acids is 2. The second-order valence-electron chi connectivity index (χ2n) is 4.50. The summed E-state index contributed by atoms with van der Waals surface area (Å²) in [5.41, 5.74) is 0. The topological polar surface area (TPSA) is 86.1 Å². The molecule has 1 aromatic rings. The number of ether oxygens (including phenoxy) is 1. The Hall–Kier alpha value is -1.57. The van der Waals surface area contributed by atoms with Crippen LogP contribution in [0.1, 0.15) is 25.1 Å². The van der Waals surface area contributed by atoms with Gasteiger partial charge in [0.15, 0.2) is 5.16 Å². The first-order valence-corrected chi connectivity index (χ1v) is 7.57. The lowest BCUT2D eigenvalue weighted by Gasteiger charge is -2.06. The van der Waals surface area contributed by atoms with Crippen LogP contribution in [0.15, 0.2) is 5.16 Å². The zero-order chi connectivity index (χ0) is 14.4. The minimum atomic E-state index is -0.459. The number of hydrogen-bond acceptors (Lipinski definition) is 6. The molecule has 0 spiro atoms. The van der Waals surface area contributed by atoms with Crippen molar-refractivity contribution in [2.24, 2.45) is 0 Å². The third-order valence-electron chi connectivity index (χ3n) is 3.07. The largest absolute Gasteiger partial charge is 0.468 e. The van der Waals surface area contributed by atoms with Gasteiger partial charge in [-0.05, 0) is 12.8 Å². The van der Waals surface area contributed by atoms with Crippen molar-refractivity contribution in [3.05, 3.63) is 5.82 Å². The van der Waals surface area contributed by atoms with Crippen molar-refractivity contribution in [2.75, 3.05) is 19.4 Å². The van der Waals surface area contributed by atoms with Gasteiger partial charge in [-0.25, -0.2) is 0 Å². The van der Waals surface area contributed by atoms with Crippen molar-refractivity contribution in [3.8, 4) is 0 Å². The maximum absolute atomic E-state index is 11.6. The van der Waals surface area contributed by atoms with E-state index in [0.717, 1.165) is 36.8 Å². The molecule has 0 fully saturated rings. The highest BCUT2D eigenvalue weighted by atomic mass is 32.2. The molecule has 1 N–H and O–H groups in total. The van der Waals surface area contributed by atoms with Gasteiger partial charge < -0.3 is 14.6 Å². The molecule has 0 radical (unpaired) electrons. The van der Waals surface area contributed by atoms with Crippen molar-refractivity contribution in [2.45, 2.75) is 37.4 Å². The van der Waals surface area contributed by atoms with Crippen LogP contribution in [0, 0.1) is 0 Å². The molecule has 2 heterocycles. The predicted molar refractivity (Wildman–Crippen MR) is 73.3 cm³/mol. The Bertz CT molecular complexity index is 489. The minimum Gasteiger partial charge on any atom is -0.468 e. The van der Waals surface area contributed by atoms with Crippen LogP contribution >= 0.6 is 11.8 Å². The van der Waals surface area contributed by atoms with Gasteiger partial charge in [-0.1, -0.05) is 18.2 Å². The molecule has 0 aromatic carbocycles. The van der Waals surface area contributed by atoms with Crippen molar-refractivity contribution in [1.82, 2.24) is 20.1 Å². The molecule has 0 saturated heterocycles. The fourth-order valence-corrected chi connectivity index (χ4v) is 2.80. The van der Waals surface area contributed by atoms with E-state index in [9.17, 15) is 9.59 Å². The van der Waals surface area contributed by atoms with E-state index in [-0.39, 0.29) is 18.2 Å². The van der Waals surface area contributed by atoms with Gasteiger partial charge in [-0.15, -0.1) is 10.2 Å². The highest BCUT2D eigenvalue weighted by molar-refractivity contribution is 7.99. The Morgan fingerprint density at radius 1 is 1.35 bits per heavy atom. The van der Waals surface area contributed by atoms with Gasteiger partial charge in [0.25, 0.3) is 0 Å². The summed E-state index contributed by atoms with van der Waals surface area (Å²) in [6.07, 6.45) is 4.41. The summed E-state index contributed by atoms with van der Waals surface area (Å²) in [7, 11) is 1.29. The van der Waals surface area contributed by atoms with Gasteiger partial charge in [-0.2, -0.15) is 0 Å². The first-order valence-electron chi connectivity index (χ1n) is 6.59. The zero-order valence-electron chi connectivity index (χ0n) is 11.4. The number of hydrogen-bond donors (Lipinski definition) is 1. The Kier molecular flexibility index (Phi) is 5.40. The van der Waals surface area contributed by atoms with E-state index in [1.807, 2.05) is 0 Å². The van der Waals surface area contributed by atoms with E-state index >= 15 is 0 Å². The number of fused-ring (bicyclic) bond motifs is 1. The Morgan fingerprint density at radius 3 is 3.00 bits per heavy atom. The number of methoxy groups -OCH3 is 1. The quantitative estimate of drug-likeness (QED) is 0.625. The number of aryl methyl sites for hydroxylation is 1. The lowest BCUT2D eigenvalue weighted by atomic mass is 10.2. The van der Waals surface area contributed by atoms with Crippen molar-refractivity contribution in [1.29, 1.82) is 0 Å². The molecule has 110 valence electrons. The van der Waals surface area contributed by atoms with Gasteiger partial charge in [0.05, 0.1) is 12.9 Å². The molecular formula is C12H18N4O3S. The van der Waals surface area contributed by atoms with Gasteiger partial charge in [0, 0.05) is 13.0 Å². The van der Waals surface area contributed by atoms with Gasteiger partial charge in [0.2, 0.25) is 5.91 Å². The zero-order valence-corrected chi connectivity index (χ0v) is 12.2. The maximum Gasteiger partial charge on any atom is 0.325 e. The summed E-state index contributed by atoms with van der Waals surface area (Å²) >= 11 is 1.34. The average molecular weight is 298 g/mol. The van der Waals surface area contributed by atoms with E-state index < -0.39 is 5.97 Å². The number of thioether (sulfide) groups is 1. The summed E-state index contributed by atoms with van der Waals surface area (Å²) < 4.78 is 6.54. The molecule has 0 bridgehead atoms. The van der Waals surface area contributed by atoms with Crippen LogP contribution in [0.3, 0.4) is 0 Å². The predicted octanol–water partition coefficient (Wildman–Crippen LogP) is 0.386. The molecule has 2 rings (SSSR count). The fourth-order valence-electron chi connectivity index (χ4n) is 1.99. The van der Waals surface area contributed by atoms with E-state index in [1.54, 1.807) is 0 Å². The third-order valence-corrected chi connectivity index (χ3v) is 4.03. The summed E-state index contributed by atoms with van der Waals surface area (Å²) in [5, 5.41) is 11.6. The van der Waals surface area contributed by atoms with Crippen LogP contribution in [-0.2, 0) is 27.3 Å². The van der Waals surface area contributed by atoms with Crippen molar-refractivity contribution in [3.63, 3.8) is 0 Å². The molecule has 20 heavy (non-hydrogen) atoms. The monoisotopic (exact) mass is 298 g/mol. The molecule has 0 saturated carbocycles. The molecule has 7 nitrogen and oxygen atoms in total. The lowest BCUT2D eigenvalue weighted by Crippen LogP contribution is -2.31. The first-order chi connectivity index (χ1) is 9.70. The maximum atomic E-state index is 11.6. The SMILES string of the molecule is COC(=O)CNC(=O)CSc1nnc2n1CCCCC2. The number of nitrogens with one attached hydrogen (secondary N) is 1. The standard InChI is InChI=1S/C12H18N4O3S/c1-19-11(18)7-13-10(17)8-20-12-15-14-9-5-3-2-4-6-16(9)12/h2-8H2,1H3,(H,13,17). The van der Waals surface area contributed by atoms with Gasteiger partial charge in [0.1, 0.15) is 12.4 Å². The summed E-state index contributed by atoms with van der Waals surface area (Å²) in [6.45, 7) is 0.808. The van der Waals surface area contributed by atoms with E-state index in [0.29, 0.717) is 0 Å². The number of esters is 1. The molecule has 0 atom stereocenters. The van der Waals surface area contributed by atoms with E-state index in [2.05, 4.69) is 24.8 Å². The highest BCUT2D eigenvalue weighted by Gasteiger charge is 2.16. The van der Waals surface area contributed by atoms with E-state index in [1.165, 1.54) is 25.3 Å². The molecule has 1 aromatic heterocycles. The smallest absolute Gasteiger partial charge is 0.325 e. The summed E-state index contributed by atoms with van der Waals surface area (Å²) in [6, 6.07) is 0. The molecule has 0 aliphatic carbocycles. The summed E-state index contributed by atoms with van der Waals surface area (Å²) in [5.74, 6) is 0.542. The normalized spacial score (nSPS) is 14.2. The van der Waals surface area contributed by atoms with Gasteiger partial charge in [-0.3, -0.25) is 9.59 Å². The lowest BCUT2D eigenvalue weighted by molar-refractivity contribution is -0.140. The molecular weight excluding hydrogens is 280 g/mol.